The summed E-state index contributed by atoms with van der Waals surface area (Å²) in [5, 5.41) is 10.1. The first-order valence-corrected chi connectivity index (χ1v) is 8.61. The van der Waals surface area contributed by atoms with E-state index in [2.05, 4.69) is 4.98 Å². The largest absolute Gasteiger partial charge is 0.391 e. The van der Waals surface area contributed by atoms with E-state index >= 15 is 0 Å². The quantitative estimate of drug-likeness (QED) is 0.787. The first kappa shape index (κ1) is 16.3. The molecule has 1 fully saturated rings. The number of hydrogen-bond donors (Lipinski definition) is 2. The van der Waals surface area contributed by atoms with Crippen LogP contribution in [0.4, 0.5) is 0 Å². The number of hydrogen-bond acceptors (Lipinski definition) is 5. The third-order valence-corrected chi connectivity index (χ3v) is 5.93. The van der Waals surface area contributed by atoms with Gasteiger partial charge < -0.3 is 10.8 Å². The minimum atomic E-state index is -3.80. The smallest absolute Gasteiger partial charge is 0.245 e. The molecule has 21 heavy (non-hydrogen) atoms. The molecule has 1 aliphatic rings. The average Bonchev–Trinajstić information content (AvgIpc) is 2.47. The molecule has 2 unspecified atom stereocenters. The van der Waals surface area contributed by atoms with Crippen molar-refractivity contribution in [1.29, 1.82) is 0 Å². The van der Waals surface area contributed by atoms with Crippen molar-refractivity contribution >= 4 is 27.2 Å². The maximum absolute atomic E-state index is 12.8. The number of aromatic nitrogens is 1. The van der Waals surface area contributed by atoms with Crippen LogP contribution in [0.5, 0.6) is 0 Å². The Bertz CT molecular complexity index is 633. The maximum atomic E-state index is 12.8. The molecule has 0 saturated heterocycles. The van der Waals surface area contributed by atoms with Crippen molar-refractivity contribution in [3.8, 4) is 0 Å². The second kappa shape index (κ2) is 6.35. The molecule has 8 heteroatoms. The lowest BCUT2D eigenvalue weighted by Crippen LogP contribution is -2.46. The van der Waals surface area contributed by atoms with Crippen LogP contribution >= 0.6 is 12.2 Å². The number of aliphatic hydroxyl groups is 1. The van der Waals surface area contributed by atoms with Crippen LogP contribution in [0, 0.1) is 0 Å². The van der Waals surface area contributed by atoms with Crippen LogP contribution in [0.2, 0.25) is 0 Å². The third-order valence-electron chi connectivity index (χ3n) is 3.82. The van der Waals surface area contributed by atoms with Gasteiger partial charge in [-0.2, -0.15) is 4.31 Å². The molecule has 1 saturated carbocycles. The zero-order valence-electron chi connectivity index (χ0n) is 11.8. The van der Waals surface area contributed by atoms with Gasteiger partial charge in [-0.05, 0) is 25.0 Å². The Kier molecular flexibility index (Phi) is 4.92. The van der Waals surface area contributed by atoms with Crippen molar-refractivity contribution in [2.45, 2.75) is 42.7 Å². The van der Waals surface area contributed by atoms with E-state index in [-0.39, 0.29) is 15.6 Å². The zero-order valence-corrected chi connectivity index (χ0v) is 13.4. The van der Waals surface area contributed by atoms with E-state index in [9.17, 15) is 13.5 Å². The van der Waals surface area contributed by atoms with Gasteiger partial charge in [0, 0.05) is 13.2 Å². The number of nitrogens with zero attached hydrogens (tertiary/aromatic N) is 2. The standard InChI is InChI=1S/C13H19N3O3S2/c1-16(9-5-2-3-6-10(9)17)21(18,19)11-7-4-8-15-12(11)13(14)20/h4,7-10,17H,2-3,5-6H2,1H3,(H2,14,20). The minimum absolute atomic E-state index is 0.0160. The number of likely N-dealkylation sites (N-methyl/N-ethyl adjacent to an activating group) is 1. The molecular weight excluding hydrogens is 310 g/mol. The van der Waals surface area contributed by atoms with E-state index in [0.717, 1.165) is 12.8 Å². The van der Waals surface area contributed by atoms with Gasteiger partial charge in [-0.25, -0.2) is 8.42 Å². The monoisotopic (exact) mass is 329 g/mol. The number of nitrogens with two attached hydrogens (primary N) is 1. The highest BCUT2D eigenvalue weighted by atomic mass is 32.2. The van der Waals surface area contributed by atoms with Crippen molar-refractivity contribution in [1.82, 2.24) is 9.29 Å². The molecule has 116 valence electrons. The van der Waals surface area contributed by atoms with Gasteiger partial charge in [0.25, 0.3) is 0 Å². The molecule has 0 aliphatic heterocycles. The molecule has 1 heterocycles. The summed E-state index contributed by atoms with van der Waals surface area (Å²) in [6, 6.07) is 2.53. The van der Waals surface area contributed by atoms with Crippen LogP contribution in [0.25, 0.3) is 0 Å². The van der Waals surface area contributed by atoms with Gasteiger partial charge in [0.15, 0.2) is 0 Å². The molecule has 1 aromatic heterocycles. The Morgan fingerprint density at radius 2 is 2.14 bits per heavy atom. The van der Waals surface area contributed by atoms with Gasteiger partial charge in [0.05, 0.1) is 12.1 Å². The summed E-state index contributed by atoms with van der Waals surface area (Å²) in [6.07, 6.45) is 3.86. The zero-order chi connectivity index (χ0) is 15.6. The fourth-order valence-corrected chi connectivity index (χ4v) is 4.43. The Hall–Kier alpha value is -1.09. The summed E-state index contributed by atoms with van der Waals surface area (Å²) in [7, 11) is -2.33. The van der Waals surface area contributed by atoms with Crippen LogP contribution in [-0.4, -0.2) is 47.0 Å². The van der Waals surface area contributed by atoms with Gasteiger partial charge in [-0.3, -0.25) is 4.98 Å². The lowest BCUT2D eigenvalue weighted by atomic mass is 9.93. The highest BCUT2D eigenvalue weighted by Gasteiger charge is 2.35. The van der Waals surface area contributed by atoms with E-state index in [1.807, 2.05) is 0 Å². The fourth-order valence-electron chi connectivity index (χ4n) is 2.63. The molecule has 0 aromatic carbocycles. The highest BCUT2D eigenvalue weighted by molar-refractivity contribution is 7.89. The van der Waals surface area contributed by atoms with E-state index in [1.165, 1.54) is 29.7 Å². The van der Waals surface area contributed by atoms with Gasteiger partial charge in [0.2, 0.25) is 10.0 Å². The van der Waals surface area contributed by atoms with Gasteiger partial charge >= 0.3 is 0 Å². The van der Waals surface area contributed by atoms with E-state index in [4.69, 9.17) is 18.0 Å². The van der Waals surface area contributed by atoms with Crippen molar-refractivity contribution in [3.05, 3.63) is 24.0 Å². The molecule has 0 amide bonds. The highest BCUT2D eigenvalue weighted by Crippen LogP contribution is 2.27. The number of pyridine rings is 1. The van der Waals surface area contributed by atoms with Gasteiger partial charge in [-0.15, -0.1) is 0 Å². The Morgan fingerprint density at radius 1 is 1.48 bits per heavy atom. The molecule has 1 aromatic rings. The topological polar surface area (TPSA) is 96.5 Å². The predicted molar refractivity (Wildman–Crippen MR) is 83.3 cm³/mol. The van der Waals surface area contributed by atoms with E-state index < -0.39 is 22.2 Å². The second-order valence-corrected chi connectivity index (χ2v) is 7.56. The first-order chi connectivity index (χ1) is 9.85. The van der Waals surface area contributed by atoms with Crippen LogP contribution in [0.3, 0.4) is 0 Å². The van der Waals surface area contributed by atoms with Crippen molar-refractivity contribution in [2.24, 2.45) is 5.73 Å². The molecular formula is C13H19N3O3S2. The van der Waals surface area contributed by atoms with Crippen molar-refractivity contribution in [2.75, 3.05) is 7.05 Å². The predicted octanol–water partition coefficient (Wildman–Crippen LogP) is 0.640. The maximum Gasteiger partial charge on any atom is 0.245 e. The molecule has 2 rings (SSSR count). The molecule has 2 atom stereocenters. The second-order valence-electron chi connectivity index (χ2n) is 5.15. The summed E-state index contributed by atoms with van der Waals surface area (Å²) in [6.45, 7) is 0. The van der Waals surface area contributed by atoms with Gasteiger partial charge in [-0.1, -0.05) is 25.1 Å². The SMILES string of the molecule is CN(C1CCCCC1O)S(=O)(=O)c1cccnc1C(N)=S. The average molecular weight is 329 g/mol. The Labute approximate surface area is 130 Å². The summed E-state index contributed by atoms with van der Waals surface area (Å²) >= 11 is 4.87. The minimum Gasteiger partial charge on any atom is -0.391 e. The summed E-state index contributed by atoms with van der Waals surface area (Å²) in [4.78, 5) is 3.88. The Morgan fingerprint density at radius 3 is 2.76 bits per heavy atom. The summed E-state index contributed by atoms with van der Waals surface area (Å²) in [5.41, 5.74) is 5.64. The molecule has 0 bridgehead atoms. The number of aliphatic hydroxyl groups excluding tert-OH is 1. The van der Waals surface area contributed by atoms with E-state index in [0.29, 0.717) is 12.8 Å². The fraction of sp³-hybridized carbons (Fsp3) is 0.538. The van der Waals surface area contributed by atoms with Crippen molar-refractivity contribution in [3.63, 3.8) is 0 Å². The lowest BCUT2D eigenvalue weighted by molar-refractivity contribution is 0.0638. The Balaban J connectivity index is 2.40. The van der Waals surface area contributed by atoms with Crippen molar-refractivity contribution < 1.29 is 13.5 Å². The lowest BCUT2D eigenvalue weighted by Gasteiger charge is -2.34. The van der Waals surface area contributed by atoms with E-state index in [1.54, 1.807) is 0 Å². The molecule has 1 aliphatic carbocycles. The number of rotatable bonds is 4. The van der Waals surface area contributed by atoms with Crippen LogP contribution in [0.15, 0.2) is 23.2 Å². The van der Waals surface area contributed by atoms with Crippen LogP contribution in [0.1, 0.15) is 31.4 Å². The summed E-state index contributed by atoms with van der Waals surface area (Å²) < 4.78 is 26.7. The number of thiocarbonyl (C=S) groups is 1. The molecule has 6 nitrogen and oxygen atoms in total. The summed E-state index contributed by atoms with van der Waals surface area (Å²) in [5.74, 6) is 0. The molecule has 0 radical (unpaired) electrons. The van der Waals surface area contributed by atoms with Gasteiger partial charge in [0.1, 0.15) is 15.6 Å². The van der Waals surface area contributed by atoms with Crippen LogP contribution in [-0.2, 0) is 10.0 Å². The molecule has 3 N–H and O–H groups in total. The third kappa shape index (κ3) is 3.23. The number of sulfonamides is 1. The van der Waals surface area contributed by atoms with Crippen LogP contribution < -0.4 is 5.73 Å². The molecule has 0 spiro atoms. The first-order valence-electron chi connectivity index (χ1n) is 6.76. The normalized spacial score (nSPS) is 23.2.